The smallest absolute Gasteiger partial charge is 0.278 e. The Morgan fingerprint density at radius 1 is 0.938 bits per heavy atom. The van der Waals surface area contributed by atoms with Gasteiger partial charge < -0.3 is 14.5 Å². The van der Waals surface area contributed by atoms with Crippen LogP contribution in [0.3, 0.4) is 0 Å². The van der Waals surface area contributed by atoms with Gasteiger partial charge in [0.1, 0.15) is 11.4 Å². The Kier molecular flexibility index (Phi) is 6.39. The Hall–Kier alpha value is -3.42. The normalized spacial score (nSPS) is 17.1. The first-order chi connectivity index (χ1) is 15.5. The number of rotatable bonds is 7. The third kappa shape index (κ3) is 4.17. The number of anilines is 1. The molecule has 0 radical (unpaired) electrons. The van der Waals surface area contributed by atoms with Crippen LogP contribution in [0.2, 0.25) is 0 Å². The van der Waals surface area contributed by atoms with Gasteiger partial charge in [-0.3, -0.25) is 14.5 Å². The van der Waals surface area contributed by atoms with Gasteiger partial charge in [0, 0.05) is 44.6 Å². The van der Waals surface area contributed by atoms with Crippen LogP contribution in [0.25, 0.3) is 5.57 Å². The molecule has 32 heavy (non-hydrogen) atoms. The van der Waals surface area contributed by atoms with Crippen LogP contribution in [0, 0.1) is 0 Å². The predicted octanol–water partition coefficient (Wildman–Crippen LogP) is 2.58. The lowest BCUT2D eigenvalue weighted by atomic mass is 10.0. The minimum absolute atomic E-state index is 0.214. The summed E-state index contributed by atoms with van der Waals surface area (Å²) in [4.78, 5) is 40.8. The number of carbonyl (C=O) groups is 2. The van der Waals surface area contributed by atoms with Gasteiger partial charge in [0.2, 0.25) is 5.95 Å². The molecule has 0 bridgehead atoms. The van der Waals surface area contributed by atoms with Crippen LogP contribution < -0.4 is 9.64 Å². The zero-order valence-corrected chi connectivity index (χ0v) is 18.8. The van der Waals surface area contributed by atoms with E-state index in [4.69, 9.17) is 4.74 Å². The van der Waals surface area contributed by atoms with Gasteiger partial charge in [-0.25, -0.2) is 9.97 Å². The molecule has 4 rings (SSSR count). The van der Waals surface area contributed by atoms with Crippen molar-refractivity contribution in [3.05, 3.63) is 54.0 Å². The molecular formula is C24H29N5O3. The van der Waals surface area contributed by atoms with Crippen molar-refractivity contribution in [3.8, 4) is 5.75 Å². The van der Waals surface area contributed by atoms with E-state index in [1.54, 1.807) is 18.5 Å². The highest BCUT2D eigenvalue weighted by Crippen LogP contribution is 2.34. The van der Waals surface area contributed by atoms with E-state index in [9.17, 15) is 9.59 Å². The second-order valence-corrected chi connectivity index (χ2v) is 8.19. The number of benzene rings is 1. The van der Waals surface area contributed by atoms with Crippen LogP contribution in [-0.2, 0) is 9.59 Å². The Bertz CT molecular complexity index is 996. The van der Waals surface area contributed by atoms with Crippen molar-refractivity contribution in [2.75, 3.05) is 37.7 Å². The lowest BCUT2D eigenvalue weighted by Gasteiger charge is -2.36. The summed E-state index contributed by atoms with van der Waals surface area (Å²) in [6, 6.07) is 9.02. The van der Waals surface area contributed by atoms with Crippen molar-refractivity contribution < 1.29 is 14.3 Å². The van der Waals surface area contributed by atoms with E-state index >= 15 is 0 Å². The molecule has 1 aromatic heterocycles. The molecular weight excluding hydrogens is 406 g/mol. The molecule has 0 N–H and O–H groups in total. The predicted molar refractivity (Wildman–Crippen MR) is 122 cm³/mol. The van der Waals surface area contributed by atoms with Gasteiger partial charge in [-0.15, -0.1) is 0 Å². The molecule has 168 valence electrons. The minimum atomic E-state index is -0.240. The van der Waals surface area contributed by atoms with E-state index in [0.29, 0.717) is 50.0 Å². The standard InChI is InChI=1S/C24H29N5O3/c1-4-16-32-19-8-6-18(7-9-19)20-21(23(31)29(17(2)3)22(20)30)27-12-14-28(15-13-27)24-25-10-5-11-26-24/h5-11,17H,4,12-16H2,1-3H3. The molecule has 2 aliphatic rings. The van der Waals surface area contributed by atoms with Crippen molar-refractivity contribution in [2.24, 2.45) is 0 Å². The monoisotopic (exact) mass is 435 g/mol. The first kappa shape index (κ1) is 21.8. The lowest BCUT2D eigenvalue weighted by molar-refractivity contribution is -0.139. The zero-order chi connectivity index (χ0) is 22.7. The summed E-state index contributed by atoms with van der Waals surface area (Å²) in [6.45, 7) is 8.99. The number of hydrogen-bond acceptors (Lipinski definition) is 7. The highest BCUT2D eigenvalue weighted by molar-refractivity contribution is 6.35. The number of ether oxygens (including phenoxy) is 1. The highest BCUT2D eigenvalue weighted by atomic mass is 16.5. The summed E-state index contributed by atoms with van der Waals surface area (Å²) in [5.74, 6) is 0.972. The summed E-state index contributed by atoms with van der Waals surface area (Å²) in [6.07, 6.45) is 4.37. The number of nitrogens with zero attached hydrogens (tertiary/aromatic N) is 5. The van der Waals surface area contributed by atoms with Crippen LogP contribution in [0.15, 0.2) is 48.4 Å². The summed E-state index contributed by atoms with van der Waals surface area (Å²) in [7, 11) is 0. The molecule has 8 heteroatoms. The fourth-order valence-corrected chi connectivity index (χ4v) is 4.08. The number of amides is 2. The average Bonchev–Trinajstić information content (AvgIpc) is 3.08. The number of imide groups is 1. The van der Waals surface area contributed by atoms with E-state index < -0.39 is 0 Å². The van der Waals surface area contributed by atoms with E-state index in [-0.39, 0.29) is 17.9 Å². The van der Waals surface area contributed by atoms with Crippen molar-refractivity contribution >= 4 is 23.3 Å². The van der Waals surface area contributed by atoms with Crippen LogP contribution in [0.4, 0.5) is 5.95 Å². The number of aromatic nitrogens is 2. The minimum Gasteiger partial charge on any atom is -0.494 e. The Morgan fingerprint density at radius 2 is 1.56 bits per heavy atom. The zero-order valence-electron chi connectivity index (χ0n) is 18.8. The molecule has 0 unspecified atom stereocenters. The summed E-state index contributed by atoms with van der Waals surface area (Å²) < 4.78 is 5.67. The van der Waals surface area contributed by atoms with Crippen LogP contribution >= 0.6 is 0 Å². The van der Waals surface area contributed by atoms with Gasteiger partial charge >= 0.3 is 0 Å². The van der Waals surface area contributed by atoms with Gasteiger partial charge in [0.15, 0.2) is 0 Å². The quantitative estimate of drug-likeness (QED) is 0.619. The number of piperazine rings is 1. The summed E-state index contributed by atoms with van der Waals surface area (Å²) in [5.41, 5.74) is 1.69. The Balaban J connectivity index is 1.62. The number of carbonyl (C=O) groups excluding carboxylic acids is 2. The molecule has 3 heterocycles. The third-order valence-corrected chi connectivity index (χ3v) is 5.65. The molecule has 0 spiro atoms. The maximum atomic E-state index is 13.3. The van der Waals surface area contributed by atoms with Crippen molar-refractivity contribution in [1.29, 1.82) is 0 Å². The summed E-state index contributed by atoms with van der Waals surface area (Å²) >= 11 is 0. The van der Waals surface area contributed by atoms with Crippen LogP contribution in [-0.4, -0.2) is 70.4 Å². The average molecular weight is 436 g/mol. The van der Waals surface area contributed by atoms with Gasteiger partial charge in [0.25, 0.3) is 11.8 Å². The van der Waals surface area contributed by atoms with Crippen LogP contribution in [0.1, 0.15) is 32.8 Å². The molecule has 1 fully saturated rings. The Morgan fingerprint density at radius 3 is 2.16 bits per heavy atom. The highest BCUT2D eigenvalue weighted by Gasteiger charge is 2.43. The van der Waals surface area contributed by atoms with E-state index in [1.807, 2.05) is 43.0 Å². The van der Waals surface area contributed by atoms with Crippen molar-refractivity contribution in [1.82, 2.24) is 19.8 Å². The summed E-state index contributed by atoms with van der Waals surface area (Å²) in [5, 5.41) is 0. The van der Waals surface area contributed by atoms with E-state index in [2.05, 4.69) is 21.8 Å². The van der Waals surface area contributed by atoms with Crippen molar-refractivity contribution in [2.45, 2.75) is 33.2 Å². The molecule has 0 aliphatic carbocycles. The first-order valence-corrected chi connectivity index (χ1v) is 11.1. The maximum absolute atomic E-state index is 13.3. The number of hydrogen-bond donors (Lipinski definition) is 0. The van der Waals surface area contributed by atoms with Gasteiger partial charge in [-0.05, 0) is 44.0 Å². The molecule has 2 aliphatic heterocycles. The lowest BCUT2D eigenvalue weighted by Crippen LogP contribution is -2.48. The molecule has 2 amide bonds. The largest absolute Gasteiger partial charge is 0.494 e. The fourth-order valence-electron chi connectivity index (χ4n) is 4.08. The fraction of sp³-hybridized carbons (Fsp3) is 0.417. The second kappa shape index (κ2) is 9.38. The SMILES string of the molecule is CCCOc1ccc(C2=C(N3CCN(c4ncccn4)CC3)C(=O)N(C(C)C)C2=O)cc1. The van der Waals surface area contributed by atoms with Crippen LogP contribution in [0.5, 0.6) is 5.75 Å². The van der Waals surface area contributed by atoms with Gasteiger partial charge in [-0.2, -0.15) is 0 Å². The van der Waals surface area contributed by atoms with E-state index in [1.165, 1.54) is 4.90 Å². The Labute approximate surface area is 188 Å². The third-order valence-electron chi connectivity index (χ3n) is 5.65. The van der Waals surface area contributed by atoms with Gasteiger partial charge in [-0.1, -0.05) is 19.1 Å². The molecule has 8 nitrogen and oxygen atoms in total. The maximum Gasteiger partial charge on any atom is 0.278 e. The first-order valence-electron chi connectivity index (χ1n) is 11.1. The van der Waals surface area contributed by atoms with Crippen molar-refractivity contribution in [3.63, 3.8) is 0 Å². The molecule has 1 aromatic carbocycles. The molecule has 1 saturated heterocycles. The molecule has 2 aromatic rings. The van der Waals surface area contributed by atoms with Gasteiger partial charge in [0.05, 0.1) is 12.2 Å². The second-order valence-electron chi connectivity index (χ2n) is 8.19. The topological polar surface area (TPSA) is 78.9 Å². The van der Waals surface area contributed by atoms with E-state index in [0.717, 1.165) is 17.7 Å². The molecule has 0 saturated carbocycles. The molecule has 0 atom stereocenters.